The summed E-state index contributed by atoms with van der Waals surface area (Å²) in [6.07, 6.45) is 13.2. The lowest BCUT2D eigenvalue weighted by Gasteiger charge is -2.07. The topological polar surface area (TPSA) is 66.4 Å². The maximum absolute atomic E-state index is 11.0. The van der Waals surface area contributed by atoms with Gasteiger partial charge in [-0.1, -0.05) is 71.6 Å². The molecule has 2 N–H and O–H groups in total. The summed E-state index contributed by atoms with van der Waals surface area (Å²) >= 11 is 0. The van der Waals surface area contributed by atoms with E-state index in [9.17, 15) is 8.42 Å². The van der Waals surface area contributed by atoms with Gasteiger partial charge in [0.05, 0.1) is 4.90 Å². The summed E-state index contributed by atoms with van der Waals surface area (Å²) in [5, 5.41) is 3.28. The third-order valence-corrected chi connectivity index (χ3v) is 5.31. The summed E-state index contributed by atoms with van der Waals surface area (Å²) < 4.78 is 30.9. The van der Waals surface area contributed by atoms with Crippen molar-refractivity contribution in [3.05, 3.63) is 24.3 Å². The van der Waals surface area contributed by atoms with Gasteiger partial charge in [-0.25, -0.2) is 0 Å². The van der Waals surface area contributed by atoms with Gasteiger partial charge >= 0.3 is 0 Å². The van der Waals surface area contributed by atoms with Crippen LogP contribution in [0.25, 0.3) is 0 Å². The Kier molecular flexibility index (Phi) is 10.8. The Morgan fingerprint density at radius 2 is 1.32 bits per heavy atom. The van der Waals surface area contributed by atoms with Crippen LogP contribution in [-0.2, 0) is 10.1 Å². The smallest absolute Gasteiger partial charge is 0.294 e. The summed E-state index contributed by atoms with van der Waals surface area (Å²) in [5.41, 5.74) is 0.883. The molecule has 0 heterocycles. The van der Waals surface area contributed by atoms with Gasteiger partial charge in [0.15, 0.2) is 0 Å². The lowest BCUT2D eigenvalue weighted by Crippen LogP contribution is -2.02. The zero-order valence-electron chi connectivity index (χ0n) is 15.8. The van der Waals surface area contributed by atoms with Crippen molar-refractivity contribution in [1.29, 1.82) is 0 Å². The minimum atomic E-state index is -4.10. The van der Waals surface area contributed by atoms with Crippen LogP contribution in [0.3, 0.4) is 0 Å². The van der Waals surface area contributed by atoms with E-state index in [4.69, 9.17) is 4.55 Å². The molecule has 0 saturated carbocycles. The van der Waals surface area contributed by atoms with E-state index < -0.39 is 10.1 Å². The van der Waals surface area contributed by atoms with E-state index in [0.29, 0.717) is 0 Å². The van der Waals surface area contributed by atoms with Crippen LogP contribution in [-0.4, -0.2) is 19.5 Å². The fraction of sp³-hybridized carbons (Fsp3) is 0.700. The van der Waals surface area contributed by atoms with Crippen LogP contribution in [0.15, 0.2) is 29.2 Å². The largest absolute Gasteiger partial charge is 0.385 e. The summed E-state index contributed by atoms with van der Waals surface area (Å²) in [4.78, 5) is -0.0674. The molecule has 0 amide bonds. The Morgan fingerprint density at radius 3 is 1.80 bits per heavy atom. The molecule has 0 aliphatic carbocycles. The van der Waals surface area contributed by atoms with Gasteiger partial charge in [-0.2, -0.15) is 8.42 Å². The van der Waals surface area contributed by atoms with Crippen molar-refractivity contribution >= 4 is 15.8 Å². The zero-order chi connectivity index (χ0) is 18.5. The van der Waals surface area contributed by atoms with Gasteiger partial charge in [-0.15, -0.1) is 0 Å². The molecule has 0 aliphatic rings. The highest BCUT2D eigenvalue weighted by Gasteiger charge is 2.07. The molecular formula is C20H35NO3S. The second-order valence-electron chi connectivity index (χ2n) is 7.29. The SMILES string of the molecule is CC(C)CCCCCCCCCCCNc1ccc(S(=O)(=O)O)cc1. The first kappa shape index (κ1) is 22.0. The lowest BCUT2D eigenvalue weighted by molar-refractivity contribution is 0.483. The maximum atomic E-state index is 11.0. The van der Waals surface area contributed by atoms with Crippen molar-refractivity contribution in [3.63, 3.8) is 0 Å². The van der Waals surface area contributed by atoms with Crippen molar-refractivity contribution in [1.82, 2.24) is 0 Å². The number of anilines is 1. The Labute approximate surface area is 154 Å². The molecule has 0 aromatic heterocycles. The maximum Gasteiger partial charge on any atom is 0.294 e. The Balaban J connectivity index is 1.95. The fourth-order valence-corrected chi connectivity index (χ4v) is 3.37. The molecule has 0 bridgehead atoms. The van der Waals surface area contributed by atoms with Crippen LogP contribution >= 0.6 is 0 Å². The van der Waals surface area contributed by atoms with Crippen LogP contribution in [0.5, 0.6) is 0 Å². The second kappa shape index (κ2) is 12.3. The van der Waals surface area contributed by atoms with Gasteiger partial charge in [-0.05, 0) is 36.6 Å². The van der Waals surface area contributed by atoms with Crippen LogP contribution in [0.4, 0.5) is 5.69 Å². The molecule has 0 unspecified atom stereocenters. The van der Waals surface area contributed by atoms with Crippen LogP contribution in [0, 0.1) is 5.92 Å². The molecule has 5 heteroatoms. The first-order valence-electron chi connectivity index (χ1n) is 9.71. The van der Waals surface area contributed by atoms with E-state index in [-0.39, 0.29) is 4.90 Å². The molecule has 1 aromatic carbocycles. The van der Waals surface area contributed by atoms with Crippen molar-refractivity contribution in [2.75, 3.05) is 11.9 Å². The monoisotopic (exact) mass is 369 g/mol. The fourth-order valence-electron chi connectivity index (χ4n) is 2.89. The molecule has 1 rings (SSSR count). The second-order valence-corrected chi connectivity index (χ2v) is 8.71. The van der Waals surface area contributed by atoms with Crippen molar-refractivity contribution in [2.24, 2.45) is 5.92 Å². The number of nitrogens with one attached hydrogen (secondary N) is 1. The van der Waals surface area contributed by atoms with E-state index in [1.807, 2.05) is 0 Å². The van der Waals surface area contributed by atoms with Crippen LogP contribution < -0.4 is 5.32 Å². The molecule has 0 spiro atoms. The first-order valence-corrected chi connectivity index (χ1v) is 11.1. The number of hydrogen-bond donors (Lipinski definition) is 2. The standard InChI is InChI=1S/C20H35NO3S/c1-18(2)12-10-8-6-4-3-5-7-9-11-17-21-19-13-15-20(16-14-19)25(22,23)24/h13-16,18,21H,3-12,17H2,1-2H3,(H,22,23,24). The van der Waals surface area contributed by atoms with Gasteiger partial charge in [0, 0.05) is 12.2 Å². The van der Waals surface area contributed by atoms with E-state index >= 15 is 0 Å². The highest BCUT2D eigenvalue weighted by molar-refractivity contribution is 7.85. The molecular weight excluding hydrogens is 334 g/mol. The highest BCUT2D eigenvalue weighted by Crippen LogP contribution is 2.15. The van der Waals surface area contributed by atoms with E-state index in [1.54, 1.807) is 12.1 Å². The normalized spacial score (nSPS) is 11.8. The van der Waals surface area contributed by atoms with Crippen molar-refractivity contribution < 1.29 is 13.0 Å². The molecule has 144 valence electrons. The van der Waals surface area contributed by atoms with Gasteiger partial charge in [0.1, 0.15) is 0 Å². The van der Waals surface area contributed by atoms with Gasteiger partial charge in [-0.3, -0.25) is 4.55 Å². The molecule has 1 aromatic rings. The molecule has 0 radical (unpaired) electrons. The number of hydrogen-bond acceptors (Lipinski definition) is 3. The number of unbranched alkanes of at least 4 members (excludes halogenated alkanes) is 8. The van der Waals surface area contributed by atoms with E-state index in [2.05, 4.69) is 19.2 Å². The third-order valence-electron chi connectivity index (χ3n) is 4.44. The van der Waals surface area contributed by atoms with Crippen LogP contribution in [0.1, 0.15) is 78.1 Å². The summed E-state index contributed by atoms with van der Waals surface area (Å²) in [6.45, 7) is 5.48. The van der Waals surface area contributed by atoms with Gasteiger partial charge in [0.25, 0.3) is 10.1 Å². The van der Waals surface area contributed by atoms with E-state index in [1.165, 1.54) is 69.9 Å². The van der Waals surface area contributed by atoms with Crippen molar-refractivity contribution in [2.45, 2.75) is 83.0 Å². The quantitative estimate of drug-likeness (QED) is 0.316. The minimum Gasteiger partial charge on any atom is -0.385 e. The Bertz CT molecular complexity index is 553. The minimum absolute atomic E-state index is 0.0674. The predicted molar refractivity (Wildman–Crippen MR) is 106 cm³/mol. The Hall–Kier alpha value is -1.07. The summed E-state index contributed by atoms with van der Waals surface area (Å²) in [7, 11) is -4.10. The van der Waals surface area contributed by atoms with E-state index in [0.717, 1.165) is 24.6 Å². The molecule has 0 fully saturated rings. The average Bonchev–Trinajstić information content (AvgIpc) is 2.55. The van der Waals surface area contributed by atoms with Crippen LogP contribution in [0.2, 0.25) is 0 Å². The van der Waals surface area contributed by atoms with Crippen molar-refractivity contribution in [3.8, 4) is 0 Å². The lowest BCUT2D eigenvalue weighted by atomic mass is 10.0. The molecule has 4 nitrogen and oxygen atoms in total. The molecule has 0 atom stereocenters. The van der Waals surface area contributed by atoms with Gasteiger partial charge < -0.3 is 5.32 Å². The number of rotatable bonds is 14. The summed E-state index contributed by atoms with van der Waals surface area (Å²) in [6, 6.07) is 6.20. The zero-order valence-corrected chi connectivity index (χ0v) is 16.7. The summed E-state index contributed by atoms with van der Waals surface area (Å²) in [5.74, 6) is 0.842. The van der Waals surface area contributed by atoms with Gasteiger partial charge in [0.2, 0.25) is 0 Å². The average molecular weight is 370 g/mol. The molecule has 0 aliphatic heterocycles. The first-order chi connectivity index (χ1) is 11.9. The third kappa shape index (κ3) is 11.2. The molecule has 0 saturated heterocycles. The Morgan fingerprint density at radius 1 is 0.840 bits per heavy atom. The number of benzene rings is 1. The molecule has 25 heavy (non-hydrogen) atoms. The highest BCUT2D eigenvalue weighted by atomic mass is 32.2. The predicted octanol–water partition coefficient (Wildman–Crippen LogP) is 5.90.